The molecular formula is C19H20ClN5O2. The van der Waals surface area contributed by atoms with E-state index < -0.39 is 0 Å². The Morgan fingerprint density at radius 1 is 1.19 bits per heavy atom. The highest BCUT2D eigenvalue weighted by molar-refractivity contribution is 6.30. The molecule has 140 valence electrons. The normalized spacial score (nSPS) is 14.6. The summed E-state index contributed by atoms with van der Waals surface area (Å²) in [5, 5.41) is 5.36. The molecule has 1 aliphatic rings. The average molecular weight is 386 g/mol. The van der Waals surface area contributed by atoms with Gasteiger partial charge in [-0.2, -0.15) is 5.10 Å². The summed E-state index contributed by atoms with van der Waals surface area (Å²) in [6, 6.07) is 9.65. The third-order valence-corrected chi connectivity index (χ3v) is 4.87. The SMILES string of the molecule is CCOC(=O)N1CCN(c2nccn3nc(-c4ccc(Cl)cc4)cc23)CC1. The smallest absolute Gasteiger partial charge is 0.409 e. The lowest BCUT2D eigenvalue weighted by Gasteiger charge is -2.34. The van der Waals surface area contributed by atoms with Crippen LogP contribution in [-0.2, 0) is 4.74 Å². The molecule has 0 atom stereocenters. The van der Waals surface area contributed by atoms with Crippen molar-refractivity contribution in [3.63, 3.8) is 0 Å². The highest BCUT2D eigenvalue weighted by Crippen LogP contribution is 2.26. The van der Waals surface area contributed by atoms with E-state index >= 15 is 0 Å². The summed E-state index contributed by atoms with van der Waals surface area (Å²) in [6.07, 6.45) is 3.34. The van der Waals surface area contributed by atoms with Crippen molar-refractivity contribution in [1.29, 1.82) is 0 Å². The molecule has 0 spiro atoms. The van der Waals surface area contributed by atoms with Crippen molar-refractivity contribution >= 4 is 29.0 Å². The number of benzene rings is 1. The Balaban J connectivity index is 1.58. The number of halogens is 1. The number of hydrogen-bond acceptors (Lipinski definition) is 5. The maximum Gasteiger partial charge on any atom is 0.409 e. The minimum Gasteiger partial charge on any atom is -0.450 e. The fourth-order valence-electron chi connectivity index (χ4n) is 3.23. The number of carbonyl (C=O) groups is 1. The van der Waals surface area contributed by atoms with Crippen LogP contribution in [0.15, 0.2) is 42.7 Å². The lowest BCUT2D eigenvalue weighted by atomic mass is 10.1. The Bertz CT molecular complexity index is 948. The number of piperazine rings is 1. The van der Waals surface area contributed by atoms with Crippen LogP contribution in [-0.4, -0.2) is 58.4 Å². The summed E-state index contributed by atoms with van der Waals surface area (Å²) in [6.45, 7) is 4.83. The molecule has 1 saturated heterocycles. The number of anilines is 1. The van der Waals surface area contributed by atoms with Gasteiger partial charge in [-0.3, -0.25) is 0 Å². The lowest BCUT2D eigenvalue weighted by Crippen LogP contribution is -2.49. The van der Waals surface area contributed by atoms with Crippen LogP contribution in [0.3, 0.4) is 0 Å². The van der Waals surface area contributed by atoms with Crippen molar-refractivity contribution in [3.8, 4) is 11.3 Å². The van der Waals surface area contributed by atoms with Gasteiger partial charge in [0.2, 0.25) is 0 Å². The van der Waals surface area contributed by atoms with E-state index in [4.69, 9.17) is 16.3 Å². The van der Waals surface area contributed by atoms with E-state index in [1.54, 1.807) is 11.1 Å². The number of ether oxygens (including phenoxy) is 1. The van der Waals surface area contributed by atoms with Crippen molar-refractivity contribution in [2.75, 3.05) is 37.7 Å². The zero-order valence-corrected chi connectivity index (χ0v) is 15.8. The van der Waals surface area contributed by atoms with Gasteiger partial charge in [-0.05, 0) is 25.1 Å². The third-order valence-electron chi connectivity index (χ3n) is 4.61. The minimum atomic E-state index is -0.252. The second-order valence-electron chi connectivity index (χ2n) is 6.29. The standard InChI is InChI=1S/C19H20ClN5O2/c1-2-27-19(26)24-11-9-23(10-12-24)18-17-13-16(22-25(17)8-7-21-18)14-3-5-15(20)6-4-14/h3-8,13H,2,9-12H2,1H3. The van der Waals surface area contributed by atoms with Gasteiger partial charge in [0.25, 0.3) is 0 Å². The van der Waals surface area contributed by atoms with E-state index in [1.807, 2.05) is 48.0 Å². The van der Waals surface area contributed by atoms with E-state index in [-0.39, 0.29) is 6.09 Å². The van der Waals surface area contributed by atoms with Gasteiger partial charge in [0.05, 0.1) is 12.3 Å². The molecule has 3 aromatic rings. The van der Waals surface area contributed by atoms with E-state index in [0.29, 0.717) is 37.8 Å². The van der Waals surface area contributed by atoms with E-state index in [1.165, 1.54) is 0 Å². The number of nitrogens with zero attached hydrogens (tertiary/aromatic N) is 5. The minimum absolute atomic E-state index is 0.252. The summed E-state index contributed by atoms with van der Waals surface area (Å²) in [5.41, 5.74) is 2.80. The number of fused-ring (bicyclic) bond motifs is 1. The largest absolute Gasteiger partial charge is 0.450 e. The maximum absolute atomic E-state index is 11.9. The van der Waals surface area contributed by atoms with Crippen molar-refractivity contribution in [1.82, 2.24) is 19.5 Å². The molecule has 2 aromatic heterocycles. The molecule has 4 rings (SSSR count). The molecule has 0 bridgehead atoms. The van der Waals surface area contributed by atoms with Crippen LogP contribution in [0.1, 0.15) is 6.92 Å². The molecule has 7 nitrogen and oxygen atoms in total. The molecule has 8 heteroatoms. The summed E-state index contributed by atoms with van der Waals surface area (Å²) in [7, 11) is 0. The fourth-order valence-corrected chi connectivity index (χ4v) is 3.36. The molecule has 0 aliphatic carbocycles. The summed E-state index contributed by atoms with van der Waals surface area (Å²) < 4.78 is 6.92. The van der Waals surface area contributed by atoms with Crippen molar-refractivity contribution in [3.05, 3.63) is 47.7 Å². The first kappa shape index (κ1) is 17.6. The second kappa shape index (κ2) is 7.44. The highest BCUT2D eigenvalue weighted by Gasteiger charge is 2.24. The summed E-state index contributed by atoms with van der Waals surface area (Å²) in [4.78, 5) is 20.4. The quantitative estimate of drug-likeness (QED) is 0.692. The number of hydrogen-bond donors (Lipinski definition) is 0. The van der Waals surface area contributed by atoms with Crippen LogP contribution >= 0.6 is 11.6 Å². The highest BCUT2D eigenvalue weighted by atomic mass is 35.5. The molecule has 1 aliphatic heterocycles. The van der Waals surface area contributed by atoms with Crippen molar-refractivity contribution in [2.45, 2.75) is 6.92 Å². The van der Waals surface area contributed by atoms with Crippen LogP contribution in [0, 0.1) is 0 Å². The molecule has 1 amide bonds. The van der Waals surface area contributed by atoms with Gasteiger partial charge in [0.15, 0.2) is 5.82 Å². The first-order valence-electron chi connectivity index (χ1n) is 8.92. The van der Waals surface area contributed by atoms with Gasteiger partial charge in [-0.1, -0.05) is 23.7 Å². The topological polar surface area (TPSA) is 63.0 Å². The summed E-state index contributed by atoms with van der Waals surface area (Å²) >= 11 is 5.98. The van der Waals surface area contributed by atoms with Gasteiger partial charge in [-0.25, -0.2) is 14.3 Å². The van der Waals surface area contributed by atoms with Crippen LogP contribution in [0.4, 0.5) is 10.6 Å². The summed E-state index contributed by atoms with van der Waals surface area (Å²) in [5.74, 6) is 0.869. The van der Waals surface area contributed by atoms with E-state index in [9.17, 15) is 4.79 Å². The van der Waals surface area contributed by atoms with E-state index in [0.717, 1.165) is 22.6 Å². The van der Waals surface area contributed by atoms with Crippen LogP contribution in [0.25, 0.3) is 16.8 Å². The number of amides is 1. The van der Waals surface area contributed by atoms with Gasteiger partial charge in [-0.15, -0.1) is 0 Å². The number of rotatable bonds is 3. The molecule has 3 heterocycles. The third kappa shape index (κ3) is 3.55. The first-order valence-corrected chi connectivity index (χ1v) is 9.30. The monoisotopic (exact) mass is 385 g/mol. The Labute approximate surface area is 162 Å². The van der Waals surface area contributed by atoms with Gasteiger partial charge in [0.1, 0.15) is 5.52 Å². The molecule has 27 heavy (non-hydrogen) atoms. The molecule has 0 saturated carbocycles. The number of carbonyl (C=O) groups excluding carboxylic acids is 1. The number of aromatic nitrogens is 3. The van der Waals surface area contributed by atoms with Gasteiger partial charge < -0.3 is 14.5 Å². The molecular weight excluding hydrogens is 366 g/mol. The van der Waals surface area contributed by atoms with Crippen LogP contribution < -0.4 is 4.90 Å². The molecule has 0 radical (unpaired) electrons. The molecule has 0 unspecified atom stereocenters. The Kier molecular flexibility index (Phi) is 4.85. The molecule has 0 N–H and O–H groups in total. The second-order valence-corrected chi connectivity index (χ2v) is 6.73. The lowest BCUT2D eigenvalue weighted by molar-refractivity contribution is 0.105. The van der Waals surface area contributed by atoms with Crippen molar-refractivity contribution in [2.24, 2.45) is 0 Å². The van der Waals surface area contributed by atoms with E-state index in [2.05, 4.69) is 15.0 Å². The molecule has 1 fully saturated rings. The fraction of sp³-hybridized carbons (Fsp3) is 0.316. The van der Waals surface area contributed by atoms with Crippen LogP contribution in [0.5, 0.6) is 0 Å². The predicted octanol–water partition coefficient (Wildman–Crippen LogP) is 3.33. The Morgan fingerprint density at radius 3 is 2.63 bits per heavy atom. The maximum atomic E-state index is 11.9. The Hall–Kier alpha value is -2.80. The van der Waals surface area contributed by atoms with Crippen molar-refractivity contribution < 1.29 is 9.53 Å². The molecule has 1 aromatic carbocycles. The zero-order valence-electron chi connectivity index (χ0n) is 15.0. The average Bonchev–Trinajstić information content (AvgIpc) is 3.13. The zero-order chi connectivity index (χ0) is 18.8. The first-order chi connectivity index (χ1) is 13.2. The van der Waals surface area contributed by atoms with Crippen LogP contribution in [0.2, 0.25) is 5.02 Å². The van der Waals surface area contributed by atoms with Gasteiger partial charge >= 0.3 is 6.09 Å². The Morgan fingerprint density at radius 2 is 1.93 bits per heavy atom. The van der Waals surface area contributed by atoms with Gasteiger partial charge in [0, 0.05) is 49.2 Å². The predicted molar refractivity (Wildman–Crippen MR) is 104 cm³/mol.